The van der Waals surface area contributed by atoms with Gasteiger partial charge >= 0.3 is 37.7 Å². The molecule has 0 amide bonds. The van der Waals surface area contributed by atoms with Gasteiger partial charge in [0.15, 0.2) is 0 Å². The molecule has 0 bridgehead atoms. The van der Waals surface area contributed by atoms with E-state index in [0.29, 0.717) is 24.0 Å². The first-order valence-electron chi connectivity index (χ1n) is 16.2. The fraction of sp³-hybridized carbons (Fsp3) is 0.111. The summed E-state index contributed by atoms with van der Waals surface area (Å²) in [5.74, 6) is -0.555. The van der Waals surface area contributed by atoms with E-state index in [1.165, 1.54) is 84.9 Å². The number of aromatic hydroxyl groups is 2. The summed E-state index contributed by atoms with van der Waals surface area (Å²) < 4.78 is 68.8. The maximum atomic E-state index is 11.5. The number of phenolic OH excluding ortho intramolecular Hbond substituents is 2. The molecule has 0 aliphatic heterocycles. The van der Waals surface area contributed by atoms with Gasteiger partial charge in [-0.2, -0.15) is 0 Å². The number of fused-ring (bicyclic) bond motifs is 2. The molecule has 0 heterocycles. The Bertz CT molecular complexity index is 2640. The van der Waals surface area contributed by atoms with Crippen LogP contribution in [-0.4, -0.2) is 83.7 Å². The van der Waals surface area contributed by atoms with Crippen LogP contribution in [0.3, 0.4) is 0 Å². The molecule has 2 N–H and O–H groups in total. The Hall–Kier alpha value is -5.48. The minimum absolute atomic E-state index is 0. The molecule has 0 unspecified atom stereocenters. The smallest absolute Gasteiger partial charge is 0.744 e. The summed E-state index contributed by atoms with van der Waals surface area (Å²) in [6.07, 6.45) is 0.678. The van der Waals surface area contributed by atoms with Gasteiger partial charge < -0.3 is 19.3 Å². The zero-order chi connectivity index (χ0) is 40.9. The minimum Gasteiger partial charge on any atom is -0.744 e. The third-order valence-corrected chi connectivity index (χ3v) is 10.1. The third kappa shape index (κ3) is 9.74. The van der Waals surface area contributed by atoms with Crippen LogP contribution in [-0.2, 0) is 33.1 Å². The summed E-state index contributed by atoms with van der Waals surface area (Å²) in [6, 6.07) is 21.8. The minimum atomic E-state index is -4.73. The molecule has 0 atom stereocenters. The SMILES string of the molecule is CCc1c(N=Nc2c(O)ccc3c(S(=O)(=O)[O-])cccc23)cccc1[N+](=O)[O-].CCc1c(N=Nc2c(O)ccc3c(S(=O)(=O)[O-])cccc23)cccc1[N+](=O)[O-].[Ca+2]. The monoisotopic (exact) mass is 840 g/mol. The Labute approximate surface area is 354 Å². The van der Waals surface area contributed by atoms with Gasteiger partial charge in [0.25, 0.3) is 11.4 Å². The fourth-order valence-electron chi connectivity index (χ4n) is 5.84. The molecule has 21 heteroatoms. The quantitative estimate of drug-likeness (QED) is 0.0433. The van der Waals surface area contributed by atoms with E-state index in [0.717, 1.165) is 0 Å². The maximum absolute atomic E-state index is 11.5. The largest absolute Gasteiger partial charge is 2.00 e. The van der Waals surface area contributed by atoms with Crippen LogP contribution in [0.25, 0.3) is 21.5 Å². The van der Waals surface area contributed by atoms with Gasteiger partial charge in [-0.15, -0.1) is 20.5 Å². The van der Waals surface area contributed by atoms with Crippen molar-refractivity contribution in [2.45, 2.75) is 36.5 Å². The van der Waals surface area contributed by atoms with Crippen LogP contribution >= 0.6 is 0 Å². The molecule has 0 aromatic heterocycles. The Balaban J connectivity index is 0.000000248. The first kappa shape index (κ1) is 44.2. The zero-order valence-electron chi connectivity index (χ0n) is 29.8. The van der Waals surface area contributed by atoms with Crippen LogP contribution in [0.4, 0.5) is 34.1 Å². The van der Waals surface area contributed by atoms with E-state index in [1.54, 1.807) is 26.0 Å². The molecule has 0 radical (unpaired) electrons. The van der Waals surface area contributed by atoms with Crippen LogP contribution in [0.2, 0.25) is 0 Å². The van der Waals surface area contributed by atoms with E-state index in [4.69, 9.17) is 0 Å². The number of nitro groups is 2. The molecule has 0 aliphatic rings. The zero-order valence-corrected chi connectivity index (χ0v) is 33.7. The van der Waals surface area contributed by atoms with Crippen molar-refractivity contribution in [1.29, 1.82) is 0 Å². The number of nitrogens with zero attached hydrogens (tertiary/aromatic N) is 6. The summed E-state index contributed by atoms with van der Waals surface area (Å²) >= 11 is 0. The Morgan fingerprint density at radius 2 is 0.877 bits per heavy atom. The molecule has 0 aliphatic carbocycles. The summed E-state index contributed by atoms with van der Waals surface area (Å²) in [5.41, 5.74) is 0.966. The summed E-state index contributed by atoms with van der Waals surface area (Å²) in [4.78, 5) is 20.4. The van der Waals surface area contributed by atoms with Crippen molar-refractivity contribution in [3.8, 4) is 11.5 Å². The first-order valence-corrected chi connectivity index (χ1v) is 19.1. The second-order valence-electron chi connectivity index (χ2n) is 11.6. The van der Waals surface area contributed by atoms with Gasteiger partial charge in [-0.25, -0.2) is 16.8 Å². The normalized spacial score (nSPS) is 11.7. The van der Waals surface area contributed by atoms with Crippen molar-refractivity contribution in [3.63, 3.8) is 0 Å². The number of azo groups is 2. The van der Waals surface area contributed by atoms with Crippen LogP contribution in [0.1, 0.15) is 25.0 Å². The van der Waals surface area contributed by atoms with Crippen LogP contribution in [0.5, 0.6) is 11.5 Å². The fourth-order valence-corrected chi connectivity index (χ4v) is 7.22. The predicted molar refractivity (Wildman–Crippen MR) is 206 cm³/mol. The second-order valence-corrected chi connectivity index (χ2v) is 14.3. The van der Waals surface area contributed by atoms with E-state index >= 15 is 0 Å². The number of hydrogen-bond donors (Lipinski definition) is 2. The van der Waals surface area contributed by atoms with Crippen molar-refractivity contribution in [3.05, 3.63) is 128 Å². The van der Waals surface area contributed by atoms with Crippen LogP contribution < -0.4 is 0 Å². The van der Waals surface area contributed by atoms with E-state index < -0.39 is 39.9 Å². The molecule has 57 heavy (non-hydrogen) atoms. The van der Waals surface area contributed by atoms with Gasteiger partial charge in [0.05, 0.1) is 42.1 Å². The molecule has 6 rings (SSSR count). The van der Waals surface area contributed by atoms with Crippen LogP contribution in [0.15, 0.2) is 127 Å². The molecule has 0 saturated heterocycles. The molecule has 0 spiro atoms. The molecular weight excluding hydrogens is 813 g/mol. The summed E-state index contributed by atoms with van der Waals surface area (Å²) in [5, 5.41) is 59.3. The predicted octanol–water partition coefficient (Wildman–Crippen LogP) is 8.29. The van der Waals surface area contributed by atoms with Gasteiger partial charge in [-0.1, -0.05) is 50.2 Å². The average Bonchev–Trinajstić information content (AvgIpc) is 3.15. The Kier molecular flexibility index (Phi) is 14.1. The van der Waals surface area contributed by atoms with Gasteiger partial charge in [0, 0.05) is 33.7 Å². The molecule has 18 nitrogen and oxygen atoms in total. The van der Waals surface area contributed by atoms with E-state index in [2.05, 4.69) is 20.5 Å². The second kappa shape index (κ2) is 18.2. The number of phenols is 2. The summed E-state index contributed by atoms with van der Waals surface area (Å²) in [7, 11) is -9.46. The van der Waals surface area contributed by atoms with Crippen molar-refractivity contribution in [1.82, 2.24) is 0 Å². The number of nitro benzene ring substituents is 2. The van der Waals surface area contributed by atoms with Crippen molar-refractivity contribution < 1.29 is 46.0 Å². The van der Waals surface area contributed by atoms with E-state index in [1.807, 2.05) is 0 Å². The summed E-state index contributed by atoms with van der Waals surface area (Å²) in [6.45, 7) is 3.48. The molecule has 6 aromatic carbocycles. The molecule has 0 saturated carbocycles. The van der Waals surface area contributed by atoms with Gasteiger partial charge in [0.1, 0.15) is 43.1 Å². The molecular formula is C36H28CaN6O12S2. The van der Waals surface area contributed by atoms with Crippen molar-refractivity contribution >= 4 is 114 Å². The average molecular weight is 841 g/mol. The van der Waals surface area contributed by atoms with E-state index in [-0.39, 0.29) is 105 Å². The van der Waals surface area contributed by atoms with Gasteiger partial charge in [0.2, 0.25) is 0 Å². The van der Waals surface area contributed by atoms with E-state index in [9.17, 15) is 56.4 Å². The Morgan fingerprint density at radius 3 is 1.19 bits per heavy atom. The molecule has 0 fully saturated rings. The number of hydrogen-bond acceptors (Lipinski definition) is 16. The molecule has 288 valence electrons. The Morgan fingerprint density at radius 1 is 0.526 bits per heavy atom. The van der Waals surface area contributed by atoms with Crippen molar-refractivity contribution in [2.24, 2.45) is 20.5 Å². The first-order chi connectivity index (χ1) is 26.5. The number of benzene rings is 6. The van der Waals surface area contributed by atoms with Gasteiger partial charge in [-0.3, -0.25) is 20.2 Å². The number of rotatable bonds is 10. The standard InChI is InChI=1S/2C18H15N3O6S.Ca/c2*1-2-11-14(6-4-7-15(11)21(23)24)19-20-18-13-5-3-8-17(28(25,26)27)12(13)9-10-16(18)22;/h2*3-10,22H,2H2,1H3,(H,25,26,27);/q;;+2/p-2. The maximum Gasteiger partial charge on any atom is 2.00 e. The third-order valence-electron chi connectivity index (χ3n) is 8.35. The van der Waals surface area contributed by atoms with Crippen LogP contribution in [0, 0.1) is 20.2 Å². The topological polar surface area (TPSA) is 291 Å². The molecule has 6 aromatic rings. The van der Waals surface area contributed by atoms with Gasteiger partial charge in [-0.05, 0) is 61.4 Å². The van der Waals surface area contributed by atoms with Crippen molar-refractivity contribution in [2.75, 3.05) is 0 Å².